The van der Waals surface area contributed by atoms with E-state index in [0.29, 0.717) is 5.92 Å². The number of rotatable bonds is 1. The fourth-order valence-corrected chi connectivity index (χ4v) is 1.90. The topological polar surface area (TPSA) is 27.1 Å². The van der Waals surface area contributed by atoms with Gasteiger partial charge in [-0.3, -0.25) is 5.41 Å². The fourth-order valence-electron chi connectivity index (χ4n) is 1.90. The van der Waals surface area contributed by atoms with E-state index in [-0.39, 0.29) is 0 Å². The molecule has 1 saturated carbocycles. The van der Waals surface area contributed by atoms with E-state index in [9.17, 15) is 0 Å². The zero-order valence-corrected chi connectivity index (χ0v) is 7.14. The maximum Gasteiger partial charge on any atom is 0.0992 e. The molecule has 0 aromatic heterocycles. The van der Waals surface area contributed by atoms with Crippen LogP contribution in [0.25, 0.3) is 0 Å². The standard InChI is InChI=1S/C9H16N2/c1-7-6-8(7)9(10)11-4-2-3-5-11/h7-8,10H,2-6H2,1H3. The first-order valence-electron chi connectivity index (χ1n) is 4.62. The molecule has 2 nitrogen and oxygen atoms in total. The molecular weight excluding hydrogens is 136 g/mol. The molecule has 2 unspecified atom stereocenters. The summed E-state index contributed by atoms with van der Waals surface area (Å²) in [6, 6.07) is 0. The molecule has 2 aliphatic rings. The predicted octanol–water partition coefficient (Wildman–Crippen LogP) is 1.72. The van der Waals surface area contributed by atoms with Crippen molar-refractivity contribution < 1.29 is 0 Å². The van der Waals surface area contributed by atoms with Gasteiger partial charge in [0.2, 0.25) is 0 Å². The van der Waals surface area contributed by atoms with Crippen LogP contribution < -0.4 is 0 Å². The minimum atomic E-state index is 0.619. The van der Waals surface area contributed by atoms with Gasteiger partial charge in [-0.15, -0.1) is 0 Å². The van der Waals surface area contributed by atoms with E-state index in [1.54, 1.807) is 0 Å². The molecule has 2 fully saturated rings. The molecule has 2 rings (SSSR count). The Kier molecular flexibility index (Phi) is 1.63. The molecule has 0 aromatic rings. The molecule has 0 aromatic carbocycles. The van der Waals surface area contributed by atoms with Gasteiger partial charge in [0.25, 0.3) is 0 Å². The van der Waals surface area contributed by atoms with Crippen LogP contribution in [-0.4, -0.2) is 23.8 Å². The van der Waals surface area contributed by atoms with E-state index < -0.39 is 0 Å². The lowest BCUT2D eigenvalue weighted by Crippen LogP contribution is -2.28. The highest BCUT2D eigenvalue weighted by molar-refractivity contribution is 5.84. The number of nitrogens with one attached hydrogen (secondary N) is 1. The number of hydrogen-bond acceptors (Lipinski definition) is 1. The average molecular weight is 152 g/mol. The maximum absolute atomic E-state index is 7.86. The normalized spacial score (nSPS) is 35.9. The third-order valence-electron chi connectivity index (χ3n) is 2.91. The van der Waals surface area contributed by atoms with E-state index in [4.69, 9.17) is 5.41 Å². The van der Waals surface area contributed by atoms with Gasteiger partial charge in [0, 0.05) is 19.0 Å². The van der Waals surface area contributed by atoms with Gasteiger partial charge in [-0.05, 0) is 25.2 Å². The third-order valence-corrected chi connectivity index (χ3v) is 2.91. The fraction of sp³-hybridized carbons (Fsp3) is 0.889. The number of amidine groups is 1. The zero-order valence-electron chi connectivity index (χ0n) is 7.14. The molecule has 11 heavy (non-hydrogen) atoms. The van der Waals surface area contributed by atoms with Gasteiger partial charge in [-0.1, -0.05) is 6.92 Å². The maximum atomic E-state index is 7.86. The molecule has 2 heteroatoms. The Morgan fingerprint density at radius 3 is 2.36 bits per heavy atom. The van der Waals surface area contributed by atoms with Crippen molar-refractivity contribution in [2.45, 2.75) is 26.2 Å². The summed E-state index contributed by atoms with van der Waals surface area (Å²) in [4.78, 5) is 2.26. The number of hydrogen-bond donors (Lipinski definition) is 1. The molecule has 0 spiro atoms. The number of nitrogens with zero attached hydrogens (tertiary/aromatic N) is 1. The summed E-state index contributed by atoms with van der Waals surface area (Å²) in [5, 5.41) is 7.86. The molecule has 62 valence electrons. The lowest BCUT2D eigenvalue weighted by atomic mass is 10.3. The molecule has 0 amide bonds. The van der Waals surface area contributed by atoms with E-state index in [2.05, 4.69) is 11.8 Å². The van der Waals surface area contributed by atoms with Crippen LogP contribution in [0.15, 0.2) is 0 Å². The second-order valence-electron chi connectivity index (χ2n) is 3.90. The summed E-state index contributed by atoms with van der Waals surface area (Å²) in [6.07, 6.45) is 3.85. The summed E-state index contributed by atoms with van der Waals surface area (Å²) in [5.41, 5.74) is 0. The van der Waals surface area contributed by atoms with Crippen LogP contribution in [0, 0.1) is 17.2 Å². The Morgan fingerprint density at radius 1 is 1.36 bits per heavy atom. The van der Waals surface area contributed by atoms with Gasteiger partial charge in [-0.2, -0.15) is 0 Å². The Hall–Kier alpha value is -0.530. The SMILES string of the molecule is CC1CC1C(=N)N1CCCC1. The van der Waals surface area contributed by atoms with E-state index >= 15 is 0 Å². The van der Waals surface area contributed by atoms with Crippen molar-refractivity contribution in [2.24, 2.45) is 11.8 Å². The summed E-state index contributed by atoms with van der Waals surface area (Å²) in [7, 11) is 0. The van der Waals surface area contributed by atoms with Crippen LogP contribution in [-0.2, 0) is 0 Å². The summed E-state index contributed by atoms with van der Waals surface area (Å²) < 4.78 is 0. The first-order valence-corrected chi connectivity index (χ1v) is 4.62. The highest BCUT2D eigenvalue weighted by atomic mass is 15.2. The minimum Gasteiger partial charge on any atom is -0.360 e. The minimum absolute atomic E-state index is 0.619. The Morgan fingerprint density at radius 2 is 1.91 bits per heavy atom. The lowest BCUT2D eigenvalue weighted by Gasteiger charge is -2.17. The van der Waals surface area contributed by atoms with Gasteiger partial charge < -0.3 is 4.90 Å². The van der Waals surface area contributed by atoms with Crippen LogP contribution in [0.1, 0.15) is 26.2 Å². The third kappa shape index (κ3) is 1.26. The summed E-state index contributed by atoms with van der Waals surface area (Å²) in [5.74, 6) is 2.34. The molecule has 1 saturated heterocycles. The van der Waals surface area contributed by atoms with Gasteiger partial charge in [0.05, 0.1) is 5.84 Å². The molecule has 0 radical (unpaired) electrons. The van der Waals surface area contributed by atoms with E-state index in [1.165, 1.54) is 19.3 Å². The van der Waals surface area contributed by atoms with Crippen LogP contribution in [0.5, 0.6) is 0 Å². The van der Waals surface area contributed by atoms with E-state index in [1.807, 2.05) is 0 Å². The average Bonchev–Trinajstić information content (AvgIpc) is 2.56. The van der Waals surface area contributed by atoms with Crippen LogP contribution in [0.2, 0.25) is 0 Å². The van der Waals surface area contributed by atoms with Crippen molar-refractivity contribution in [3.63, 3.8) is 0 Å². The molecule has 2 atom stereocenters. The second-order valence-corrected chi connectivity index (χ2v) is 3.90. The molecule has 0 bridgehead atoms. The van der Waals surface area contributed by atoms with Crippen molar-refractivity contribution in [3.8, 4) is 0 Å². The summed E-state index contributed by atoms with van der Waals surface area (Å²) >= 11 is 0. The van der Waals surface area contributed by atoms with Crippen LogP contribution >= 0.6 is 0 Å². The monoisotopic (exact) mass is 152 g/mol. The molecule has 1 aliphatic heterocycles. The van der Waals surface area contributed by atoms with E-state index in [0.717, 1.165) is 24.8 Å². The quantitative estimate of drug-likeness (QED) is 0.449. The lowest BCUT2D eigenvalue weighted by molar-refractivity contribution is 0.495. The van der Waals surface area contributed by atoms with Crippen LogP contribution in [0.3, 0.4) is 0 Å². The van der Waals surface area contributed by atoms with Gasteiger partial charge in [0.1, 0.15) is 0 Å². The van der Waals surface area contributed by atoms with Crippen LogP contribution in [0.4, 0.5) is 0 Å². The molecule has 1 aliphatic carbocycles. The van der Waals surface area contributed by atoms with Gasteiger partial charge >= 0.3 is 0 Å². The Balaban J connectivity index is 1.89. The molecular formula is C9H16N2. The van der Waals surface area contributed by atoms with Crippen molar-refractivity contribution in [3.05, 3.63) is 0 Å². The largest absolute Gasteiger partial charge is 0.360 e. The predicted molar refractivity (Wildman–Crippen MR) is 45.8 cm³/mol. The van der Waals surface area contributed by atoms with Gasteiger partial charge in [0.15, 0.2) is 0 Å². The first-order chi connectivity index (χ1) is 5.29. The van der Waals surface area contributed by atoms with Crippen molar-refractivity contribution >= 4 is 5.84 Å². The highest BCUT2D eigenvalue weighted by Gasteiger charge is 2.39. The number of likely N-dealkylation sites (tertiary alicyclic amines) is 1. The highest BCUT2D eigenvalue weighted by Crippen LogP contribution is 2.39. The van der Waals surface area contributed by atoms with Crippen molar-refractivity contribution in [2.75, 3.05) is 13.1 Å². The second kappa shape index (κ2) is 2.50. The first kappa shape index (κ1) is 7.14. The molecule has 1 N–H and O–H groups in total. The zero-order chi connectivity index (χ0) is 7.84. The summed E-state index contributed by atoms with van der Waals surface area (Å²) in [6.45, 7) is 4.53. The van der Waals surface area contributed by atoms with Gasteiger partial charge in [-0.25, -0.2) is 0 Å². The van der Waals surface area contributed by atoms with Crippen molar-refractivity contribution in [1.29, 1.82) is 5.41 Å². The Bertz CT molecular complexity index is 170. The van der Waals surface area contributed by atoms with Crippen molar-refractivity contribution in [1.82, 2.24) is 4.90 Å². The Labute approximate surface area is 68.1 Å². The smallest absolute Gasteiger partial charge is 0.0992 e. The molecule has 1 heterocycles.